The highest BCUT2D eigenvalue weighted by molar-refractivity contribution is 5.53. The summed E-state index contributed by atoms with van der Waals surface area (Å²) in [7, 11) is 0. The van der Waals surface area contributed by atoms with E-state index in [4.69, 9.17) is 5.73 Å². The minimum Gasteiger partial charge on any atom is -0.324 e. The second-order valence-electron chi connectivity index (χ2n) is 4.64. The first-order chi connectivity index (χ1) is 9.34. The molecule has 96 valence electrons. The molecule has 0 amide bonds. The highest BCUT2D eigenvalue weighted by Gasteiger charge is 2.12. The molecular formula is C15H16N4. The van der Waals surface area contributed by atoms with Crippen molar-refractivity contribution in [2.45, 2.75) is 18.9 Å². The van der Waals surface area contributed by atoms with Gasteiger partial charge in [0, 0.05) is 24.0 Å². The zero-order chi connectivity index (χ0) is 13.1. The van der Waals surface area contributed by atoms with Crippen molar-refractivity contribution in [3.8, 4) is 0 Å². The predicted octanol–water partition coefficient (Wildman–Crippen LogP) is 2.36. The normalized spacial score (nSPS) is 12.7. The zero-order valence-corrected chi connectivity index (χ0v) is 10.6. The van der Waals surface area contributed by atoms with Crippen LogP contribution in [0.2, 0.25) is 0 Å². The molecule has 1 aromatic carbocycles. The first-order valence-electron chi connectivity index (χ1n) is 6.41. The van der Waals surface area contributed by atoms with Crippen LogP contribution in [0.5, 0.6) is 0 Å². The minimum atomic E-state index is -0.0121. The molecule has 2 heterocycles. The fourth-order valence-corrected chi connectivity index (χ4v) is 2.26. The highest BCUT2D eigenvalue weighted by Crippen LogP contribution is 2.20. The van der Waals surface area contributed by atoms with Crippen molar-refractivity contribution in [1.82, 2.24) is 14.6 Å². The minimum absolute atomic E-state index is 0.0121. The van der Waals surface area contributed by atoms with E-state index in [0.717, 1.165) is 23.9 Å². The van der Waals surface area contributed by atoms with Gasteiger partial charge in [-0.05, 0) is 18.4 Å². The van der Waals surface area contributed by atoms with Gasteiger partial charge in [-0.1, -0.05) is 30.3 Å². The molecule has 1 unspecified atom stereocenters. The quantitative estimate of drug-likeness (QED) is 0.775. The van der Waals surface area contributed by atoms with Gasteiger partial charge < -0.3 is 5.73 Å². The van der Waals surface area contributed by atoms with E-state index in [-0.39, 0.29) is 6.04 Å². The Labute approximate surface area is 111 Å². The molecular weight excluding hydrogens is 236 g/mol. The molecule has 4 heteroatoms. The Balaban J connectivity index is 1.75. The second kappa shape index (κ2) is 5.20. The van der Waals surface area contributed by atoms with Gasteiger partial charge in [-0.3, -0.25) is 4.98 Å². The maximum Gasteiger partial charge on any atom is 0.0892 e. The zero-order valence-electron chi connectivity index (χ0n) is 10.6. The fraction of sp³-hybridized carbons (Fsp3) is 0.200. The van der Waals surface area contributed by atoms with Crippen LogP contribution in [-0.2, 0) is 6.42 Å². The molecule has 0 aliphatic carbocycles. The second-order valence-corrected chi connectivity index (χ2v) is 4.64. The number of rotatable bonds is 4. The topological polar surface area (TPSA) is 56.2 Å². The lowest BCUT2D eigenvalue weighted by atomic mass is 10.0. The van der Waals surface area contributed by atoms with Crippen LogP contribution < -0.4 is 5.73 Å². The molecule has 0 fully saturated rings. The Bertz CT molecular complexity index is 660. The SMILES string of the molecule is NC(CCc1ccccc1)c1cnn2ccncc12. The summed E-state index contributed by atoms with van der Waals surface area (Å²) < 4.78 is 1.81. The van der Waals surface area contributed by atoms with Crippen molar-refractivity contribution in [2.75, 3.05) is 0 Å². The molecule has 0 saturated heterocycles. The van der Waals surface area contributed by atoms with Gasteiger partial charge in [-0.25, -0.2) is 4.52 Å². The van der Waals surface area contributed by atoms with Crippen molar-refractivity contribution >= 4 is 5.52 Å². The van der Waals surface area contributed by atoms with E-state index in [0.29, 0.717) is 0 Å². The maximum atomic E-state index is 6.27. The molecule has 0 aliphatic heterocycles. The Hall–Kier alpha value is -2.20. The predicted molar refractivity (Wildman–Crippen MR) is 74.7 cm³/mol. The van der Waals surface area contributed by atoms with Crippen LogP contribution in [-0.4, -0.2) is 14.6 Å². The third-order valence-corrected chi connectivity index (χ3v) is 3.34. The Kier molecular flexibility index (Phi) is 3.25. The molecule has 3 aromatic rings. The van der Waals surface area contributed by atoms with Crippen LogP contribution in [0.1, 0.15) is 23.6 Å². The lowest BCUT2D eigenvalue weighted by molar-refractivity contribution is 0.655. The van der Waals surface area contributed by atoms with Crippen LogP contribution in [0.3, 0.4) is 0 Å². The smallest absolute Gasteiger partial charge is 0.0892 e. The average Bonchev–Trinajstić information content (AvgIpc) is 2.90. The van der Waals surface area contributed by atoms with Crippen molar-refractivity contribution < 1.29 is 0 Å². The largest absolute Gasteiger partial charge is 0.324 e. The van der Waals surface area contributed by atoms with E-state index in [2.05, 4.69) is 34.3 Å². The molecule has 2 N–H and O–H groups in total. The summed E-state index contributed by atoms with van der Waals surface area (Å²) >= 11 is 0. The molecule has 0 saturated carbocycles. The summed E-state index contributed by atoms with van der Waals surface area (Å²) in [5, 5.41) is 4.29. The number of nitrogens with two attached hydrogens (primary N) is 1. The molecule has 0 aliphatic rings. The summed E-state index contributed by atoms with van der Waals surface area (Å²) in [6.07, 6.45) is 9.08. The van der Waals surface area contributed by atoms with Gasteiger partial charge in [0.15, 0.2) is 0 Å². The molecule has 19 heavy (non-hydrogen) atoms. The lowest BCUT2D eigenvalue weighted by Gasteiger charge is -2.10. The molecule has 3 rings (SSSR count). The fourth-order valence-electron chi connectivity index (χ4n) is 2.26. The number of fused-ring (bicyclic) bond motifs is 1. The molecule has 4 nitrogen and oxygen atoms in total. The van der Waals surface area contributed by atoms with E-state index < -0.39 is 0 Å². The van der Waals surface area contributed by atoms with Crippen LogP contribution >= 0.6 is 0 Å². The van der Waals surface area contributed by atoms with Crippen molar-refractivity contribution in [3.05, 3.63) is 66.2 Å². The van der Waals surface area contributed by atoms with E-state index >= 15 is 0 Å². The standard InChI is InChI=1S/C15H16N4/c16-14(7-6-12-4-2-1-3-5-12)13-10-18-19-9-8-17-11-15(13)19/h1-5,8-11,14H,6-7,16H2. The van der Waals surface area contributed by atoms with Gasteiger partial charge in [-0.2, -0.15) is 5.10 Å². The van der Waals surface area contributed by atoms with E-state index in [1.54, 1.807) is 6.20 Å². The van der Waals surface area contributed by atoms with Gasteiger partial charge in [-0.15, -0.1) is 0 Å². The molecule has 2 aromatic heterocycles. The third kappa shape index (κ3) is 2.48. The van der Waals surface area contributed by atoms with E-state index in [1.807, 2.05) is 29.2 Å². The first kappa shape index (κ1) is 11.9. The van der Waals surface area contributed by atoms with Crippen molar-refractivity contribution in [3.63, 3.8) is 0 Å². The number of hydrogen-bond acceptors (Lipinski definition) is 3. The summed E-state index contributed by atoms with van der Waals surface area (Å²) in [4.78, 5) is 4.13. The number of aromatic nitrogens is 3. The average molecular weight is 252 g/mol. The molecule has 1 atom stereocenters. The lowest BCUT2D eigenvalue weighted by Crippen LogP contribution is -2.11. The number of aryl methyl sites for hydroxylation is 1. The summed E-state index contributed by atoms with van der Waals surface area (Å²) in [5.41, 5.74) is 9.63. The summed E-state index contributed by atoms with van der Waals surface area (Å²) in [5.74, 6) is 0. The number of hydrogen-bond donors (Lipinski definition) is 1. The molecule has 0 spiro atoms. The van der Waals surface area contributed by atoms with E-state index in [1.165, 1.54) is 5.56 Å². The molecule has 0 radical (unpaired) electrons. The van der Waals surface area contributed by atoms with E-state index in [9.17, 15) is 0 Å². The van der Waals surface area contributed by atoms with Crippen LogP contribution in [0, 0.1) is 0 Å². The first-order valence-corrected chi connectivity index (χ1v) is 6.41. The van der Waals surface area contributed by atoms with Gasteiger partial charge in [0.2, 0.25) is 0 Å². The highest BCUT2D eigenvalue weighted by atomic mass is 15.2. The summed E-state index contributed by atoms with van der Waals surface area (Å²) in [6.45, 7) is 0. The summed E-state index contributed by atoms with van der Waals surface area (Å²) in [6, 6.07) is 10.4. The van der Waals surface area contributed by atoms with Gasteiger partial charge >= 0.3 is 0 Å². The van der Waals surface area contributed by atoms with Crippen molar-refractivity contribution in [2.24, 2.45) is 5.73 Å². The van der Waals surface area contributed by atoms with Crippen LogP contribution in [0.4, 0.5) is 0 Å². The van der Waals surface area contributed by atoms with Crippen molar-refractivity contribution in [1.29, 1.82) is 0 Å². The Morgan fingerprint density at radius 2 is 2.00 bits per heavy atom. The van der Waals surface area contributed by atoms with Crippen LogP contribution in [0.15, 0.2) is 55.1 Å². The van der Waals surface area contributed by atoms with Gasteiger partial charge in [0.05, 0.1) is 17.9 Å². The number of benzene rings is 1. The number of nitrogens with zero attached hydrogens (tertiary/aromatic N) is 3. The monoisotopic (exact) mass is 252 g/mol. The van der Waals surface area contributed by atoms with Crippen LogP contribution in [0.25, 0.3) is 5.52 Å². The Morgan fingerprint density at radius 3 is 2.84 bits per heavy atom. The Morgan fingerprint density at radius 1 is 1.16 bits per heavy atom. The maximum absolute atomic E-state index is 6.27. The van der Waals surface area contributed by atoms with Gasteiger partial charge in [0.1, 0.15) is 0 Å². The van der Waals surface area contributed by atoms with Gasteiger partial charge in [0.25, 0.3) is 0 Å². The molecule has 0 bridgehead atoms. The third-order valence-electron chi connectivity index (χ3n) is 3.34.